The molecular weight excluding hydrogens is 354 g/mol. The number of halogens is 1. The summed E-state index contributed by atoms with van der Waals surface area (Å²) >= 11 is 3.40. The Hall–Kier alpha value is -2.66. The van der Waals surface area contributed by atoms with E-state index in [1.54, 1.807) is 24.4 Å². The normalized spacial score (nSPS) is 10.1. The summed E-state index contributed by atoms with van der Waals surface area (Å²) in [6.45, 7) is 0. The third kappa shape index (κ3) is 4.17. The van der Waals surface area contributed by atoms with Crippen LogP contribution in [0.4, 0.5) is 17.2 Å². The number of benzene rings is 2. The van der Waals surface area contributed by atoms with Crippen molar-refractivity contribution in [2.24, 2.45) is 0 Å². The van der Waals surface area contributed by atoms with Gasteiger partial charge in [0.25, 0.3) is 5.91 Å². The minimum absolute atomic E-state index is 0.174. The maximum Gasteiger partial charge on any atom is 0.256 e. The van der Waals surface area contributed by atoms with E-state index >= 15 is 0 Å². The molecule has 0 aliphatic rings. The first-order valence-corrected chi connectivity index (χ1v) is 7.85. The zero-order chi connectivity index (χ0) is 16.1. The van der Waals surface area contributed by atoms with Crippen LogP contribution in [-0.2, 0) is 0 Å². The van der Waals surface area contributed by atoms with Crippen molar-refractivity contribution in [1.82, 2.24) is 4.98 Å². The lowest BCUT2D eigenvalue weighted by Crippen LogP contribution is -2.12. The Morgan fingerprint density at radius 3 is 2.22 bits per heavy atom. The molecule has 4 nitrogen and oxygen atoms in total. The van der Waals surface area contributed by atoms with Crippen molar-refractivity contribution in [3.8, 4) is 0 Å². The Kier molecular flexibility index (Phi) is 4.68. The lowest BCUT2D eigenvalue weighted by Gasteiger charge is -2.08. The van der Waals surface area contributed by atoms with E-state index in [0.29, 0.717) is 11.4 Å². The third-order valence-corrected chi connectivity index (χ3v) is 3.70. The number of carbonyl (C=O) groups is 1. The van der Waals surface area contributed by atoms with Crippen LogP contribution in [0.1, 0.15) is 10.4 Å². The van der Waals surface area contributed by atoms with E-state index < -0.39 is 0 Å². The van der Waals surface area contributed by atoms with Gasteiger partial charge in [-0.25, -0.2) is 4.98 Å². The average Bonchev–Trinajstić information content (AvgIpc) is 2.59. The number of hydrogen-bond donors (Lipinski definition) is 2. The molecule has 0 bridgehead atoms. The zero-order valence-electron chi connectivity index (χ0n) is 12.2. The number of hydrogen-bond acceptors (Lipinski definition) is 3. The maximum absolute atomic E-state index is 12.1. The summed E-state index contributed by atoms with van der Waals surface area (Å²) in [5.41, 5.74) is 2.42. The van der Waals surface area contributed by atoms with E-state index in [9.17, 15) is 4.79 Å². The van der Waals surface area contributed by atoms with Gasteiger partial charge in [-0.05, 0) is 48.5 Å². The standard InChI is InChI=1S/C18H14BrN3O/c19-14-6-8-15(9-7-14)21-16-10-11-17(20-12-16)22-18(23)13-4-2-1-3-5-13/h1-12,21H,(H,20,22,23). The van der Waals surface area contributed by atoms with E-state index in [-0.39, 0.29) is 5.91 Å². The molecule has 0 radical (unpaired) electrons. The van der Waals surface area contributed by atoms with Crippen molar-refractivity contribution in [1.29, 1.82) is 0 Å². The van der Waals surface area contributed by atoms with Crippen molar-refractivity contribution in [3.63, 3.8) is 0 Å². The Labute approximate surface area is 142 Å². The van der Waals surface area contributed by atoms with Gasteiger partial charge in [-0.1, -0.05) is 34.1 Å². The van der Waals surface area contributed by atoms with Gasteiger partial charge in [0.05, 0.1) is 11.9 Å². The van der Waals surface area contributed by atoms with E-state index in [2.05, 4.69) is 31.5 Å². The Bertz CT molecular complexity index is 787. The third-order valence-electron chi connectivity index (χ3n) is 3.17. The van der Waals surface area contributed by atoms with Crippen LogP contribution in [0.25, 0.3) is 0 Å². The van der Waals surface area contributed by atoms with Gasteiger partial charge in [-0.15, -0.1) is 0 Å². The molecule has 114 valence electrons. The molecule has 3 aromatic rings. The van der Waals surface area contributed by atoms with Gasteiger partial charge in [0.2, 0.25) is 0 Å². The van der Waals surface area contributed by atoms with Gasteiger partial charge in [0.15, 0.2) is 0 Å². The van der Waals surface area contributed by atoms with Crippen molar-refractivity contribution < 1.29 is 4.79 Å². The predicted molar refractivity (Wildman–Crippen MR) is 96.1 cm³/mol. The summed E-state index contributed by atoms with van der Waals surface area (Å²) < 4.78 is 1.03. The molecule has 1 aromatic heterocycles. The Morgan fingerprint density at radius 1 is 0.870 bits per heavy atom. The van der Waals surface area contributed by atoms with Crippen molar-refractivity contribution in [2.75, 3.05) is 10.6 Å². The minimum Gasteiger partial charge on any atom is -0.354 e. The SMILES string of the molecule is O=C(Nc1ccc(Nc2ccc(Br)cc2)cn1)c1ccccc1. The summed E-state index contributed by atoms with van der Waals surface area (Å²) in [6, 6.07) is 20.5. The number of amides is 1. The van der Waals surface area contributed by atoms with E-state index in [1.807, 2.05) is 48.5 Å². The minimum atomic E-state index is -0.174. The van der Waals surface area contributed by atoms with Crippen LogP contribution in [0.3, 0.4) is 0 Å². The predicted octanol–water partition coefficient (Wildman–Crippen LogP) is 4.84. The fraction of sp³-hybridized carbons (Fsp3) is 0. The molecule has 1 amide bonds. The molecule has 0 saturated carbocycles. The van der Waals surface area contributed by atoms with Crippen LogP contribution >= 0.6 is 15.9 Å². The molecule has 0 saturated heterocycles. The van der Waals surface area contributed by atoms with E-state index in [4.69, 9.17) is 0 Å². The fourth-order valence-corrected chi connectivity index (χ4v) is 2.28. The summed E-state index contributed by atoms with van der Waals surface area (Å²) in [5.74, 6) is 0.340. The van der Waals surface area contributed by atoms with Gasteiger partial charge in [-0.2, -0.15) is 0 Å². The molecule has 0 unspecified atom stereocenters. The molecule has 23 heavy (non-hydrogen) atoms. The quantitative estimate of drug-likeness (QED) is 0.693. The highest BCUT2D eigenvalue weighted by atomic mass is 79.9. The first-order valence-electron chi connectivity index (χ1n) is 7.06. The molecule has 0 fully saturated rings. The maximum atomic E-state index is 12.1. The van der Waals surface area contributed by atoms with Crippen LogP contribution in [0.2, 0.25) is 0 Å². The van der Waals surface area contributed by atoms with Gasteiger partial charge >= 0.3 is 0 Å². The number of nitrogens with zero attached hydrogens (tertiary/aromatic N) is 1. The van der Waals surface area contributed by atoms with Crippen LogP contribution < -0.4 is 10.6 Å². The van der Waals surface area contributed by atoms with Crippen LogP contribution in [-0.4, -0.2) is 10.9 Å². The van der Waals surface area contributed by atoms with Crippen LogP contribution in [0.5, 0.6) is 0 Å². The first kappa shape index (κ1) is 15.2. The molecule has 3 rings (SSSR count). The molecule has 0 spiro atoms. The number of nitrogens with one attached hydrogen (secondary N) is 2. The van der Waals surface area contributed by atoms with E-state index in [0.717, 1.165) is 15.8 Å². The molecule has 5 heteroatoms. The highest BCUT2D eigenvalue weighted by molar-refractivity contribution is 9.10. The number of anilines is 3. The molecule has 2 N–H and O–H groups in total. The van der Waals surface area contributed by atoms with Crippen LogP contribution in [0.15, 0.2) is 77.4 Å². The molecular formula is C18H14BrN3O. The highest BCUT2D eigenvalue weighted by Crippen LogP contribution is 2.19. The lowest BCUT2D eigenvalue weighted by atomic mass is 10.2. The first-order chi connectivity index (χ1) is 11.2. The van der Waals surface area contributed by atoms with Crippen molar-refractivity contribution >= 4 is 39.0 Å². The molecule has 0 aliphatic carbocycles. The van der Waals surface area contributed by atoms with Crippen molar-refractivity contribution in [2.45, 2.75) is 0 Å². The number of pyridine rings is 1. The second-order valence-corrected chi connectivity index (χ2v) is 5.80. The van der Waals surface area contributed by atoms with Gasteiger partial charge in [-0.3, -0.25) is 4.79 Å². The van der Waals surface area contributed by atoms with Gasteiger partial charge < -0.3 is 10.6 Å². The fourth-order valence-electron chi connectivity index (χ4n) is 2.02. The summed E-state index contributed by atoms with van der Waals surface area (Å²) in [4.78, 5) is 16.3. The monoisotopic (exact) mass is 367 g/mol. The van der Waals surface area contributed by atoms with Crippen molar-refractivity contribution in [3.05, 3.63) is 83.0 Å². The zero-order valence-corrected chi connectivity index (χ0v) is 13.7. The second-order valence-electron chi connectivity index (χ2n) is 4.88. The number of aromatic nitrogens is 1. The number of carbonyl (C=O) groups excluding carboxylic acids is 1. The highest BCUT2D eigenvalue weighted by Gasteiger charge is 2.05. The Balaban J connectivity index is 1.65. The van der Waals surface area contributed by atoms with E-state index in [1.165, 1.54) is 0 Å². The molecule has 0 aliphatic heterocycles. The topological polar surface area (TPSA) is 54.0 Å². The summed E-state index contributed by atoms with van der Waals surface area (Å²) in [7, 11) is 0. The molecule has 0 atom stereocenters. The van der Waals surface area contributed by atoms with Crippen LogP contribution in [0, 0.1) is 0 Å². The summed E-state index contributed by atoms with van der Waals surface area (Å²) in [5, 5.41) is 6.02. The lowest BCUT2D eigenvalue weighted by molar-refractivity contribution is 0.102. The van der Waals surface area contributed by atoms with Gasteiger partial charge in [0, 0.05) is 15.7 Å². The Morgan fingerprint density at radius 2 is 1.57 bits per heavy atom. The summed E-state index contributed by atoms with van der Waals surface area (Å²) in [6.07, 6.45) is 1.68. The molecule has 2 aromatic carbocycles. The average molecular weight is 368 g/mol. The second kappa shape index (κ2) is 7.07. The number of rotatable bonds is 4. The molecule has 1 heterocycles. The largest absolute Gasteiger partial charge is 0.354 e. The smallest absolute Gasteiger partial charge is 0.256 e. The van der Waals surface area contributed by atoms with Gasteiger partial charge in [0.1, 0.15) is 5.82 Å².